The van der Waals surface area contributed by atoms with Gasteiger partial charge in [-0.25, -0.2) is 0 Å². The Morgan fingerprint density at radius 3 is 2.44 bits per heavy atom. The van der Waals surface area contributed by atoms with Crippen molar-refractivity contribution in [3.63, 3.8) is 0 Å². The standard InChI is InChI=1S/C25H23ClN4OS/c26-21-12-7-13-22(16-21)27-17-24-28-29-25(30(24)15-14-19-8-3-1-4-9-19)32-18-23(31)20-10-5-2-6-11-20/h1-13,16,27H,14-15,17-18H2. The van der Waals surface area contributed by atoms with Crippen molar-refractivity contribution >= 4 is 34.8 Å². The number of ketones is 1. The molecule has 162 valence electrons. The lowest BCUT2D eigenvalue weighted by atomic mass is 10.1. The highest BCUT2D eigenvalue weighted by Crippen LogP contribution is 2.21. The molecule has 5 nitrogen and oxygen atoms in total. The van der Waals surface area contributed by atoms with Crippen LogP contribution in [0.5, 0.6) is 0 Å². The predicted octanol–water partition coefficient (Wildman–Crippen LogP) is 5.76. The van der Waals surface area contributed by atoms with Crippen molar-refractivity contribution in [1.29, 1.82) is 0 Å². The summed E-state index contributed by atoms with van der Waals surface area (Å²) in [6.45, 7) is 1.24. The molecule has 0 saturated heterocycles. The topological polar surface area (TPSA) is 59.8 Å². The highest BCUT2D eigenvalue weighted by atomic mass is 35.5. The number of Topliss-reactive ketones (excluding diaryl/α,β-unsaturated/α-hetero) is 1. The molecule has 1 aromatic heterocycles. The average Bonchev–Trinajstić information content (AvgIpc) is 3.22. The van der Waals surface area contributed by atoms with Gasteiger partial charge in [0.2, 0.25) is 0 Å². The van der Waals surface area contributed by atoms with Crippen LogP contribution in [0, 0.1) is 0 Å². The molecule has 1 N–H and O–H groups in total. The van der Waals surface area contributed by atoms with E-state index in [1.54, 1.807) is 0 Å². The van der Waals surface area contributed by atoms with Gasteiger partial charge in [-0.1, -0.05) is 90.1 Å². The van der Waals surface area contributed by atoms with E-state index in [-0.39, 0.29) is 5.78 Å². The van der Waals surface area contributed by atoms with Crippen molar-refractivity contribution in [2.75, 3.05) is 11.1 Å². The zero-order chi connectivity index (χ0) is 22.2. The normalized spacial score (nSPS) is 10.8. The first-order valence-corrected chi connectivity index (χ1v) is 11.7. The van der Waals surface area contributed by atoms with Crippen molar-refractivity contribution < 1.29 is 4.79 Å². The molecule has 0 radical (unpaired) electrons. The highest BCUT2D eigenvalue weighted by molar-refractivity contribution is 7.99. The van der Waals surface area contributed by atoms with Crippen LogP contribution in [0.3, 0.4) is 0 Å². The van der Waals surface area contributed by atoms with Crippen LogP contribution in [0.15, 0.2) is 90.1 Å². The minimum Gasteiger partial charge on any atom is -0.378 e. The number of halogens is 1. The van der Waals surface area contributed by atoms with Crippen molar-refractivity contribution in [2.45, 2.75) is 24.7 Å². The number of nitrogens with zero attached hydrogens (tertiary/aromatic N) is 3. The first-order valence-electron chi connectivity index (χ1n) is 10.4. The summed E-state index contributed by atoms with van der Waals surface area (Å²) >= 11 is 7.51. The van der Waals surface area contributed by atoms with E-state index >= 15 is 0 Å². The van der Waals surface area contributed by atoms with E-state index in [1.807, 2.05) is 72.8 Å². The Morgan fingerprint density at radius 1 is 0.938 bits per heavy atom. The van der Waals surface area contributed by atoms with Gasteiger partial charge in [-0.3, -0.25) is 4.79 Å². The fourth-order valence-electron chi connectivity index (χ4n) is 3.28. The van der Waals surface area contributed by atoms with Crippen molar-refractivity contribution in [1.82, 2.24) is 14.8 Å². The number of hydrogen-bond donors (Lipinski definition) is 1. The van der Waals surface area contributed by atoms with Crippen LogP contribution < -0.4 is 5.32 Å². The van der Waals surface area contributed by atoms with Gasteiger partial charge >= 0.3 is 0 Å². The number of aryl methyl sites for hydroxylation is 1. The molecule has 0 fully saturated rings. The summed E-state index contributed by atoms with van der Waals surface area (Å²) in [5, 5.41) is 13.6. The van der Waals surface area contributed by atoms with Gasteiger partial charge in [0.25, 0.3) is 0 Å². The molecular formula is C25H23ClN4OS. The summed E-state index contributed by atoms with van der Waals surface area (Å²) in [6, 6.07) is 27.2. The molecule has 0 spiro atoms. The van der Waals surface area contributed by atoms with E-state index in [1.165, 1.54) is 17.3 Å². The second-order valence-electron chi connectivity index (χ2n) is 7.23. The van der Waals surface area contributed by atoms with Gasteiger partial charge in [-0.15, -0.1) is 10.2 Å². The number of hydrogen-bond acceptors (Lipinski definition) is 5. The van der Waals surface area contributed by atoms with E-state index in [0.717, 1.165) is 29.6 Å². The fraction of sp³-hybridized carbons (Fsp3) is 0.160. The summed E-state index contributed by atoms with van der Waals surface area (Å²) < 4.78 is 2.09. The minimum atomic E-state index is 0.0758. The van der Waals surface area contributed by atoms with Crippen LogP contribution in [0.2, 0.25) is 5.02 Å². The SMILES string of the molecule is O=C(CSc1nnc(CNc2cccc(Cl)c2)n1CCc1ccccc1)c1ccccc1. The Labute approximate surface area is 196 Å². The number of benzene rings is 3. The van der Waals surface area contributed by atoms with Crippen LogP contribution in [0.25, 0.3) is 0 Å². The first kappa shape index (κ1) is 22.1. The molecule has 0 atom stereocenters. The lowest BCUT2D eigenvalue weighted by Crippen LogP contribution is -2.12. The lowest BCUT2D eigenvalue weighted by molar-refractivity contribution is 0.102. The second kappa shape index (κ2) is 11.0. The maximum Gasteiger partial charge on any atom is 0.191 e. The molecule has 0 aliphatic heterocycles. The zero-order valence-corrected chi connectivity index (χ0v) is 19.0. The molecule has 0 aliphatic rings. The largest absolute Gasteiger partial charge is 0.378 e. The molecule has 0 bridgehead atoms. The predicted molar refractivity (Wildman–Crippen MR) is 130 cm³/mol. The molecular weight excluding hydrogens is 440 g/mol. The maximum absolute atomic E-state index is 12.6. The molecule has 1 heterocycles. The second-order valence-corrected chi connectivity index (χ2v) is 8.61. The number of rotatable bonds is 10. The third-order valence-corrected chi connectivity index (χ3v) is 6.17. The van der Waals surface area contributed by atoms with E-state index in [4.69, 9.17) is 11.6 Å². The minimum absolute atomic E-state index is 0.0758. The van der Waals surface area contributed by atoms with E-state index in [0.29, 0.717) is 22.9 Å². The number of aromatic nitrogens is 3. The summed E-state index contributed by atoms with van der Waals surface area (Å²) in [4.78, 5) is 12.6. The molecule has 7 heteroatoms. The van der Waals surface area contributed by atoms with Gasteiger partial charge in [-0.2, -0.15) is 0 Å². The Morgan fingerprint density at radius 2 is 1.69 bits per heavy atom. The highest BCUT2D eigenvalue weighted by Gasteiger charge is 2.15. The number of carbonyl (C=O) groups is 1. The molecule has 4 aromatic rings. The molecule has 0 aliphatic carbocycles. The third-order valence-electron chi connectivity index (χ3n) is 4.96. The van der Waals surface area contributed by atoms with Crippen LogP contribution in [-0.4, -0.2) is 26.3 Å². The van der Waals surface area contributed by atoms with Gasteiger partial charge in [-0.05, 0) is 30.2 Å². The number of carbonyl (C=O) groups excluding carboxylic acids is 1. The number of anilines is 1. The summed E-state index contributed by atoms with van der Waals surface area (Å²) in [6.07, 6.45) is 0.850. The van der Waals surface area contributed by atoms with Gasteiger partial charge in [0.05, 0.1) is 12.3 Å². The Balaban J connectivity index is 1.48. The molecule has 3 aromatic carbocycles. The van der Waals surface area contributed by atoms with Crippen LogP contribution >= 0.6 is 23.4 Å². The number of nitrogens with one attached hydrogen (secondary N) is 1. The summed E-state index contributed by atoms with van der Waals surface area (Å²) in [7, 11) is 0. The Bertz CT molecular complexity index is 1170. The van der Waals surface area contributed by atoms with Crippen molar-refractivity contribution in [2.24, 2.45) is 0 Å². The van der Waals surface area contributed by atoms with Gasteiger partial charge < -0.3 is 9.88 Å². The Hall–Kier alpha value is -3.09. The maximum atomic E-state index is 12.6. The monoisotopic (exact) mass is 462 g/mol. The van der Waals surface area contributed by atoms with E-state index in [9.17, 15) is 4.79 Å². The third kappa shape index (κ3) is 5.99. The lowest BCUT2D eigenvalue weighted by Gasteiger charge is -2.12. The van der Waals surface area contributed by atoms with Crippen LogP contribution in [-0.2, 0) is 19.5 Å². The van der Waals surface area contributed by atoms with Gasteiger partial charge in [0.15, 0.2) is 16.8 Å². The molecule has 0 amide bonds. The fourth-order valence-corrected chi connectivity index (χ4v) is 4.35. The summed E-state index contributed by atoms with van der Waals surface area (Å²) in [5.74, 6) is 1.21. The molecule has 0 saturated carbocycles. The summed E-state index contributed by atoms with van der Waals surface area (Å²) in [5.41, 5.74) is 2.87. The quantitative estimate of drug-likeness (QED) is 0.240. The van der Waals surface area contributed by atoms with Gasteiger partial charge in [0.1, 0.15) is 0 Å². The van der Waals surface area contributed by atoms with Gasteiger partial charge in [0, 0.05) is 22.8 Å². The van der Waals surface area contributed by atoms with Crippen molar-refractivity contribution in [3.05, 3.63) is 107 Å². The van der Waals surface area contributed by atoms with E-state index in [2.05, 4.69) is 32.2 Å². The number of thioether (sulfide) groups is 1. The average molecular weight is 463 g/mol. The molecule has 0 unspecified atom stereocenters. The van der Waals surface area contributed by atoms with Crippen LogP contribution in [0.4, 0.5) is 5.69 Å². The zero-order valence-electron chi connectivity index (χ0n) is 17.4. The molecule has 4 rings (SSSR count). The van der Waals surface area contributed by atoms with Crippen LogP contribution in [0.1, 0.15) is 21.7 Å². The smallest absolute Gasteiger partial charge is 0.191 e. The first-order chi connectivity index (χ1) is 15.7. The van der Waals surface area contributed by atoms with E-state index < -0.39 is 0 Å². The van der Waals surface area contributed by atoms with Crippen molar-refractivity contribution in [3.8, 4) is 0 Å². The molecule has 32 heavy (non-hydrogen) atoms. The Kier molecular flexibility index (Phi) is 7.59.